The molecule has 1 aliphatic heterocycles. The molecule has 0 unspecified atom stereocenters. The van der Waals surface area contributed by atoms with Crippen molar-refractivity contribution in [3.05, 3.63) is 0 Å². The van der Waals surface area contributed by atoms with Crippen molar-refractivity contribution in [2.45, 2.75) is 53.0 Å². The van der Waals surface area contributed by atoms with Gasteiger partial charge in [0.2, 0.25) is 11.8 Å². The van der Waals surface area contributed by atoms with Gasteiger partial charge in [-0.3, -0.25) is 14.5 Å². The molecule has 1 heterocycles. The number of nitrogens with zero attached hydrogens (tertiary/aromatic N) is 1. The lowest BCUT2D eigenvalue weighted by Crippen LogP contribution is -2.55. The molecule has 23 heavy (non-hydrogen) atoms. The minimum absolute atomic E-state index is 0.0198. The number of morpholine rings is 1. The Morgan fingerprint density at radius 3 is 2.22 bits per heavy atom. The largest absolute Gasteiger partial charge is 0.379 e. The van der Waals surface area contributed by atoms with Gasteiger partial charge >= 0.3 is 0 Å². The van der Waals surface area contributed by atoms with Crippen LogP contribution in [0.1, 0.15) is 47.5 Å². The van der Waals surface area contributed by atoms with Gasteiger partial charge in [-0.25, -0.2) is 0 Å². The SMILES string of the molecule is CC(C)(C)C(=O)NCCCC(=O)NCC(C)(C)N1CCOCC1. The van der Waals surface area contributed by atoms with Crippen molar-refractivity contribution in [2.75, 3.05) is 39.4 Å². The molecule has 2 amide bonds. The highest BCUT2D eigenvalue weighted by Crippen LogP contribution is 2.15. The van der Waals surface area contributed by atoms with E-state index in [1.54, 1.807) is 0 Å². The van der Waals surface area contributed by atoms with Gasteiger partial charge in [-0.1, -0.05) is 20.8 Å². The molecule has 134 valence electrons. The van der Waals surface area contributed by atoms with Gasteiger partial charge in [-0.05, 0) is 20.3 Å². The number of carbonyl (C=O) groups excluding carboxylic acids is 2. The maximum absolute atomic E-state index is 11.9. The zero-order valence-corrected chi connectivity index (χ0v) is 15.3. The predicted molar refractivity (Wildman–Crippen MR) is 91.2 cm³/mol. The van der Waals surface area contributed by atoms with E-state index in [4.69, 9.17) is 4.74 Å². The van der Waals surface area contributed by atoms with Crippen LogP contribution in [0, 0.1) is 5.41 Å². The summed E-state index contributed by atoms with van der Waals surface area (Å²) in [6.45, 7) is 14.4. The molecule has 6 nitrogen and oxygen atoms in total. The number of nitrogens with one attached hydrogen (secondary N) is 2. The van der Waals surface area contributed by atoms with Crippen molar-refractivity contribution in [3.8, 4) is 0 Å². The van der Waals surface area contributed by atoms with E-state index in [-0.39, 0.29) is 22.8 Å². The zero-order chi connectivity index (χ0) is 17.5. The second kappa shape index (κ2) is 8.64. The summed E-state index contributed by atoms with van der Waals surface area (Å²) in [5.74, 6) is 0.0581. The van der Waals surface area contributed by atoms with Crippen LogP contribution in [-0.4, -0.2) is 61.6 Å². The van der Waals surface area contributed by atoms with E-state index < -0.39 is 0 Å². The second-order valence-corrected chi connectivity index (χ2v) is 7.80. The van der Waals surface area contributed by atoms with Gasteiger partial charge in [0.1, 0.15) is 0 Å². The number of carbonyl (C=O) groups is 2. The lowest BCUT2D eigenvalue weighted by molar-refractivity contribution is -0.128. The third-order valence-electron chi connectivity index (χ3n) is 4.13. The van der Waals surface area contributed by atoms with Crippen LogP contribution in [0.5, 0.6) is 0 Å². The second-order valence-electron chi connectivity index (χ2n) is 7.80. The summed E-state index contributed by atoms with van der Waals surface area (Å²) in [5.41, 5.74) is -0.454. The molecule has 2 N–H and O–H groups in total. The number of hydrogen-bond donors (Lipinski definition) is 2. The highest BCUT2D eigenvalue weighted by Gasteiger charge is 2.28. The van der Waals surface area contributed by atoms with Gasteiger partial charge in [0, 0.05) is 43.6 Å². The zero-order valence-electron chi connectivity index (χ0n) is 15.3. The Labute approximate surface area is 140 Å². The standard InChI is InChI=1S/C17H33N3O3/c1-16(2,3)15(22)18-8-6-7-14(21)19-13-17(4,5)20-9-11-23-12-10-20/h6-13H2,1-5H3,(H,18,22)(H,19,21). The third-order valence-corrected chi connectivity index (χ3v) is 4.13. The van der Waals surface area contributed by atoms with Crippen LogP contribution in [-0.2, 0) is 14.3 Å². The molecule has 0 aromatic rings. The normalized spacial score (nSPS) is 16.9. The van der Waals surface area contributed by atoms with Crippen LogP contribution < -0.4 is 10.6 Å². The Hall–Kier alpha value is -1.14. The summed E-state index contributed by atoms with van der Waals surface area (Å²) in [6, 6.07) is 0. The van der Waals surface area contributed by atoms with Crippen LogP contribution >= 0.6 is 0 Å². The van der Waals surface area contributed by atoms with Crippen LogP contribution in [0.2, 0.25) is 0 Å². The van der Waals surface area contributed by atoms with E-state index in [2.05, 4.69) is 29.4 Å². The highest BCUT2D eigenvalue weighted by molar-refractivity contribution is 5.81. The molecule has 0 saturated carbocycles. The number of rotatable bonds is 7. The van der Waals surface area contributed by atoms with Gasteiger partial charge in [0.05, 0.1) is 13.2 Å². The minimum Gasteiger partial charge on any atom is -0.379 e. The van der Waals surface area contributed by atoms with Crippen molar-refractivity contribution in [1.82, 2.24) is 15.5 Å². The quantitative estimate of drug-likeness (QED) is 0.688. The third kappa shape index (κ3) is 7.31. The molecule has 1 saturated heterocycles. The summed E-state index contributed by atoms with van der Waals surface area (Å²) in [6.07, 6.45) is 1.09. The molecule has 0 bridgehead atoms. The first-order chi connectivity index (χ1) is 10.6. The van der Waals surface area contributed by atoms with E-state index in [0.29, 0.717) is 25.9 Å². The van der Waals surface area contributed by atoms with Crippen molar-refractivity contribution in [2.24, 2.45) is 5.41 Å². The van der Waals surface area contributed by atoms with Crippen LogP contribution in [0.3, 0.4) is 0 Å². The molecule has 0 spiro atoms. The molecule has 0 radical (unpaired) electrons. The minimum atomic E-state index is -0.384. The maximum atomic E-state index is 11.9. The van der Waals surface area contributed by atoms with Crippen molar-refractivity contribution in [3.63, 3.8) is 0 Å². The van der Waals surface area contributed by atoms with Gasteiger partial charge < -0.3 is 15.4 Å². The topological polar surface area (TPSA) is 70.7 Å². The van der Waals surface area contributed by atoms with Crippen molar-refractivity contribution in [1.29, 1.82) is 0 Å². The molecule has 1 rings (SSSR count). The van der Waals surface area contributed by atoms with E-state index in [1.807, 2.05) is 20.8 Å². The van der Waals surface area contributed by atoms with Crippen LogP contribution in [0.15, 0.2) is 0 Å². The Balaban J connectivity index is 2.20. The van der Waals surface area contributed by atoms with Gasteiger partial charge in [0.25, 0.3) is 0 Å². The molecular weight excluding hydrogens is 294 g/mol. The summed E-state index contributed by atoms with van der Waals surface area (Å²) < 4.78 is 5.37. The molecular formula is C17H33N3O3. The van der Waals surface area contributed by atoms with Crippen molar-refractivity contribution >= 4 is 11.8 Å². The first kappa shape index (κ1) is 19.9. The summed E-state index contributed by atoms with van der Waals surface area (Å²) in [5, 5.41) is 5.87. The van der Waals surface area contributed by atoms with Gasteiger partial charge in [0.15, 0.2) is 0 Å². The summed E-state index contributed by atoms with van der Waals surface area (Å²) in [4.78, 5) is 26.0. The summed E-state index contributed by atoms with van der Waals surface area (Å²) >= 11 is 0. The Morgan fingerprint density at radius 2 is 1.65 bits per heavy atom. The maximum Gasteiger partial charge on any atom is 0.225 e. The Kier molecular flexibility index (Phi) is 7.48. The number of amides is 2. The van der Waals surface area contributed by atoms with Crippen LogP contribution in [0.25, 0.3) is 0 Å². The monoisotopic (exact) mass is 327 g/mol. The molecule has 1 aliphatic rings. The molecule has 0 atom stereocenters. The molecule has 0 aromatic heterocycles. The Morgan fingerprint density at radius 1 is 1.04 bits per heavy atom. The van der Waals surface area contributed by atoms with E-state index in [0.717, 1.165) is 26.3 Å². The lowest BCUT2D eigenvalue weighted by atomic mass is 9.96. The number of ether oxygens (including phenoxy) is 1. The van der Waals surface area contributed by atoms with E-state index in [1.165, 1.54) is 0 Å². The first-order valence-electron chi connectivity index (χ1n) is 8.51. The molecule has 6 heteroatoms. The van der Waals surface area contributed by atoms with Gasteiger partial charge in [-0.15, -0.1) is 0 Å². The van der Waals surface area contributed by atoms with Gasteiger partial charge in [-0.2, -0.15) is 0 Å². The average Bonchev–Trinajstić information content (AvgIpc) is 2.49. The van der Waals surface area contributed by atoms with Crippen LogP contribution in [0.4, 0.5) is 0 Å². The predicted octanol–water partition coefficient (Wildman–Crippen LogP) is 1.16. The smallest absolute Gasteiger partial charge is 0.225 e. The molecule has 0 aliphatic carbocycles. The first-order valence-corrected chi connectivity index (χ1v) is 8.51. The lowest BCUT2D eigenvalue weighted by Gasteiger charge is -2.40. The molecule has 0 aromatic carbocycles. The van der Waals surface area contributed by atoms with E-state index >= 15 is 0 Å². The molecule has 1 fully saturated rings. The fourth-order valence-electron chi connectivity index (χ4n) is 2.40. The van der Waals surface area contributed by atoms with E-state index in [9.17, 15) is 9.59 Å². The number of hydrogen-bond acceptors (Lipinski definition) is 4. The summed E-state index contributed by atoms with van der Waals surface area (Å²) in [7, 11) is 0. The Bertz CT molecular complexity index is 396. The van der Waals surface area contributed by atoms with Crippen molar-refractivity contribution < 1.29 is 14.3 Å². The fourth-order valence-corrected chi connectivity index (χ4v) is 2.40. The average molecular weight is 327 g/mol. The fraction of sp³-hybridized carbons (Fsp3) is 0.882. The highest BCUT2D eigenvalue weighted by atomic mass is 16.5.